The van der Waals surface area contributed by atoms with Crippen LogP contribution in [0.2, 0.25) is 0 Å². The molecule has 154 valence electrons. The van der Waals surface area contributed by atoms with Crippen LogP contribution in [0.15, 0.2) is 54.6 Å². The molecule has 2 heterocycles. The van der Waals surface area contributed by atoms with Crippen LogP contribution >= 0.6 is 0 Å². The predicted molar refractivity (Wildman–Crippen MR) is 118 cm³/mol. The van der Waals surface area contributed by atoms with Crippen molar-refractivity contribution in [1.82, 2.24) is 14.8 Å². The molecule has 1 aromatic heterocycles. The Hall–Kier alpha value is -3.38. The number of aromatic nitrogens is 1. The monoisotopic (exact) mass is 402 g/mol. The minimum Gasteiger partial charge on any atom is -0.366 e. The molecule has 2 aromatic carbocycles. The summed E-state index contributed by atoms with van der Waals surface area (Å²) in [6.07, 6.45) is 0. The Morgan fingerprint density at radius 3 is 1.93 bits per heavy atom. The first-order chi connectivity index (χ1) is 14.4. The van der Waals surface area contributed by atoms with Crippen molar-refractivity contribution in [1.29, 1.82) is 0 Å². The molecule has 1 aliphatic rings. The van der Waals surface area contributed by atoms with E-state index in [2.05, 4.69) is 16.9 Å². The van der Waals surface area contributed by atoms with Crippen LogP contribution in [-0.2, 0) is 0 Å². The SMILES string of the molecule is Cc1[nH]c(-c2ccc(-c3ccc(C(=O)N4CCN(C)CC4)cc3)cc2)cc1C(N)=O. The van der Waals surface area contributed by atoms with Crippen molar-refractivity contribution in [3.63, 3.8) is 0 Å². The number of carbonyl (C=O) groups excluding carboxylic acids is 2. The zero-order chi connectivity index (χ0) is 21.3. The van der Waals surface area contributed by atoms with Crippen molar-refractivity contribution in [2.75, 3.05) is 33.2 Å². The summed E-state index contributed by atoms with van der Waals surface area (Å²) in [4.78, 5) is 31.5. The average molecular weight is 402 g/mol. The van der Waals surface area contributed by atoms with Gasteiger partial charge in [0.25, 0.3) is 11.8 Å². The van der Waals surface area contributed by atoms with Crippen molar-refractivity contribution in [2.45, 2.75) is 6.92 Å². The lowest BCUT2D eigenvalue weighted by atomic mass is 10.0. The number of hydrogen-bond acceptors (Lipinski definition) is 3. The third-order valence-corrected chi connectivity index (χ3v) is 5.73. The summed E-state index contributed by atoms with van der Waals surface area (Å²) in [7, 11) is 2.08. The number of amides is 2. The predicted octanol–water partition coefficient (Wildman–Crippen LogP) is 3.14. The summed E-state index contributed by atoms with van der Waals surface area (Å²) in [6, 6.07) is 17.6. The number of likely N-dealkylation sites (N-methyl/N-ethyl adjacent to an activating group) is 1. The summed E-state index contributed by atoms with van der Waals surface area (Å²) in [5, 5.41) is 0. The van der Waals surface area contributed by atoms with Gasteiger partial charge in [-0.15, -0.1) is 0 Å². The van der Waals surface area contributed by atoms with Crippen LogP contribution < -0.4 is 5.73 Å². The molecule has 1 aliphatic heterocycles. The van der Waals surface area contributed by atoms with E-state index in [1.54, 1.807) is 6.07 Å². The van der Waals surface area contributed by atoms with Gasteiger partial charge in [0.2, 0.25) is 0 Å². The van der Waals surface area contributed by atoms with Crippen molar-refractivity contribution in [2.24, 2.45) is 5.73 Å². The number of piperazine rings is 1. The molecule has 4 rings (SSSR count). The summed E-state index contributed by atoms with van der Waals surface area (Å²) in [5.41, 5.74) is 11.4. The molecule has 3 aromatic rings. The molecule has 0 atom stereocenters. The van der Waals surface area contributed by atoms with Crippen molar-refractivity contribution in [3.05, 3.63) is 71.4 Å². The van der Waals surface area contributed by atoms with Gasteiger partial charge in [0.05, 0.1) is 5.56 Å². The van der Waals surface area contributed by atoms with Crippen molar-refractivity contribution in [3.8, 4) is 22.4 Å². The molecule has 0 unspecified atom stereocenters. The van der Waals surface area contributed by atoms with Crippen LogP contribution in [-0.4, -0.2) is 59.8 Å². The highest BCUT2D eigenvalue weighted by molar-refractivity contribution is 5.96. The van der Waals surface area contributed by atoms with Gasteiger partial charge in [-0.2, -0.15) is 0 Å². The Balaban J connectivity index is 1.49. The molecule has 0 saturated carbocycles. The largest absolute Gasteiger partial charge is 0.366 e. The lowest BCUT2D eigenvalue weighted by molar-refractivity contribution is 0.0664. The zero-order valence-electron chi connectivity index (χ0n) is 17.3. The number of aromatic amines is 1. The first-order valence-electron chi connectivity index (χ1n) is 10.1. The maximum absolute atomic E-state index is 12.7. The number of aryl methyl sites for hydroxylation is 1. The standard InChI is InChI=1S/C24H26N4O2/c1-16-21(23(25)29)15-22(26-16)19-7-3-17(4-8-19)18-5-9-20(10-6-18)24(30)28-13-11-27(2)12-14-28/h3-10,15,26H,11-14H2,1-2H3,(H2,25,29). The quantitative estimate of drug-likeness (QED) is 0.703. The number of primary amides is 1. The third-order valence-electron chi connectivity index (χ3n) is 5.73. The van der Waals surface area contributed by atoms with Crippen molar-refractivity contribution >= 4 is 11.8 Å². The molecule has 1 fully saturated rings. The molecule has 6 nitrogen and oxygen atoms in total. The first-order valence-corrected chi connectivity index (χ1v) is 10.1. The average Bonchev–Trinajstić information content (AvgIpc) is 3.16. The number of nitrogens with one attached hydrogen (secondary N) is 1. The number of benzene rings is 2. The van der Waals surface area contributed by atoms with Crippen molar-refractivity contribution < 1.29 is 9.59 Å². The number of H-pyrrole nitrogens is 1. The number of hydrogen-bond donors (Lipinski definition) is 2. The van der Waals surface area contributed by atoms with Crippen LogP contribution in [0.1, 0.15) is 26.4 Å². The second kappa shape index (κ2) is 8.16. The number of carbonyl (C=O) groups is 2. The fourth-order valence-electron chi connectivity index (χ4n) is 3.81. The van der Waals surface area contributed by atoms with Gasteiger partial charge in [0, 0.05) is 43.1 Å². The second-order valence-electron chi connectivity index (χ2n) is 7.84. The normalized spacial score (nSPS) is 14.7. The second-order valence-corrected chi connectivity index (χ2v) is 7.84. The van der Waals surface area contributed by atoms with Crippen LogP contribution in [0, 0.1) is 6.92 Å². The highest BCUT2D eigenvalue weighted by Gasteiger charge is 2.20. The molecule has 3 N–H and O–H groups in total. The maximum atomic E-state index is 12.7. The Bertz CT molecular complexity index is 1060. The number of nitrogens with zero attached hydrogens (tertiary/aromatic N) is 2. The third kappa shape index (κ3) is 4.00. The van der Waals surface area contributed by atoms with Gasteiger partial charge < -0.3 is 20.5 Å². The van der Waals surface area contributed by atoms with E-state index >= 15 is 0 Å². The summed E-state index contributed by atoms with van der Waals surface area (Å²) in [6.45, 7) is 5.21. The fourth-order valence-corrected chi connectivity index (χ4v) is 3.81. The minimum absolute atomic E-state index is 0.0948. The molecule has 30 heavy (non-hydrogen) atoms. The topological polar surface area (TPSA) is 82.4 Å². The molecule has 2 amide bonds. The van der Waals surface area contributed by atoms with Crippen LogP contribution in [0.4, 0.5) is 0 Å². The van der Waals surface area contributed by atoms with E-state index in [4.69, 9.17) is 5.73 Å². The van der Waals surface area contributed by atoms with Gasteiger partial charge in [-0.3, -0.25) is 9.59 Å². The molecule has 0 radical (unpaired) electrons. The van der Waals surface area contributed by atoms with E-state index in [-0.39, 0.29) is 5.91 Å². The molecule has 0 bridgehead atoms. The van der Waals surface area contributed by atoms with Gasteiger partial charge in [-0.1, -0.05) is 36.4 Å². The lowest BCUT2D eigenvalue weighted by Gasteiger charge is -2.32. The summed E-state index contributed by atoms with van der Waals surface area (Å²) < 4.78 is 0. The molecule has 6 heteroatoms. The summed E-state index contributed by atoms with van der Waals surface area (Å²) in [5.74, 6) is -0.338. The van der Waals surface area contributed by atoms with Crippen LogP contribution in [0.25, 0.3) is 22.4 Å². The zero-order valence-corrected chi connectivity index (χ0v) is 17.3. The smallest absolute Gasteiger partial charge is 0.253 e. The van der Waals surface area contributed by atoms with E-state index in [1.807, 2.05) is 60.4 Å². The molecule has 0 spiro atoms. The first kappa shape index (κ1) is 19.9. The number of nitrogens with two attached hydrogens (primary N) is 1. The summed E-state index contributed by atoms with van der Waals surface area (Å²) >= 11 is 0. The van der Waals surface area contributed by atoms with E-state index in [9.17, 15) is 9.59 Å². The van der Waals surface area contributed by atoms with Crippen LogP contribution in [0.5, 0.6) is 0 Å². The van der Waals surface area contributed by atoms with E-state index in [1.165, 1.54) is 0 Å². The van der Waals surface area contributed by atoms with E-state index in [0.29, 0.717) is 5.56 Å². The van der Waals surface area contributed by atoms with Gasteiger partial charge in [0.1, 0.15) is 0 Å². The Labute approximate surface area is 176 Å². The maximum Gasteiger partial charge on any atom is 0.253 e. The Kier molecular flexibility index (Phi) is 5.42. The fraction of sp³-hybridized carbons (Fsp3) is 0.250. The van der Waals surface area contributed by atoms with Crippen LogP contribution in [0.3, 0.4) is 0 Å². The molecule has 0 aliphatic carbocycles. The van der Waals surface area contributed by atoms with Gasteiger partial charge in [-0.05, 0) is 48.9 Å². The number of rotatable bonds is 4. The lowest BCUT2D eigenvalue weighted by Crippen LogP contribution is -2.47. The Morgan fingerprint density at radius 2 is 1.40 bits per heavy atom. The van der Waals surface area contributed by atoms with Gasteiger partial charge in [-0.25, -0.2) is 0 Å². The Morgan fingerprint density at radius 1 is 0.867 bits per heavy atom. The highest BCUT2D eigenvalue weighted by atomic mass is 16.2. The van der Waals surface area contributed by atoms with Gasteiger partial charge in [0.15, 0.2) is 0 Å². The molecular weight excluding hydrogens is 376 g/mol. The minimum atomic E-state index is -0.433. The van der Waals surface area contributed by atoms with E-state index in [0.717, 1.165) is 59.8 Å². The molecular formula is C24H26N4O2. The molecule has 1 saturated heterocycles. The van der Waals surface area contributed by atoms with Gasteiger partial charge >= 0.3 is 0 Å². The van der Waals surface area contributed by atoms with E-state index < -0.39 is 5.91 Å². The highest BCUT2D eigenvalue weighted by Crippen LogP contribution is 2.26.